The molecule has 0 unspecified atom stereocenters. The van der Waals surface area contributed by atoms with Crippen molar-refractivity contribution in [1.82, 2.24) is 0 Å². The van der Waals surface area contributed by atoms with Crippen molar-refractivity contribution in [2.24, 2.45) is 0 Å². The zero-order valence-electron chi connectivity index (χ0n) is 3.96. The van der Waals surface area contributed by atoms with Crippen molar-refractivity contribution in [2.45, 2.75) is 0 Å². The van der Waals surface area contributed by atoms with E-state index in [-0.39, 0.29) is 0 Å². The SMILES string of the molecule is O=S=[C]c1cccs1. The van der Waals surface area contributed by atoms with E-state index in [4.69, 9.17) is 0 Å². The maximum atomic E-state index is 9.81. The van der Waals surface area contributed by atoms with Crippen molar-refractivity contribution in [2.75, 3.05) is 0 Å². The summed E-state index contributed by atoms with van der Waals surface area (Å²) in [5.74, 6) is 0. The van der Waals surface area contributed by atoms with Crippen molar-refractivity contribution >= 4 is 28.0 Å². The maximum Gasteiger partial charge on any atom is 0.107 e. The van der Waals surface area contributed by atoms with Gasteiger partial charge in [-0.3, -0.25) is 0 Å². The molecule has 3 heteroatoms. The molecule has 0 aliphatic rings. The van der Waals surface area contributed by atoms with Crippen molar-refractivity contribution in [3.05, 3.63) is 22.4 Å². The number of hydrogen-bond acceptors (Lipinski definition) is 2. The highest BCUT2D eigenvalue weighted by Crippen LogP contribution is 2.03. The third-order valence-electron chi connectivity index (χ3n) is 0.663. The molecule has 1 heterocycles. The average molecular weight is 143 g/mol. The fourth-order valence-electron chi connectivity index (χ4n) is 0.378. The molecule has 0 aliphatic carbocycles. The maximum absolute atomic E-state index is 9.81. The second-order valence-electron chi connectivity index (χ2n) is 1.16. The standard InChI is InChI=1S/C5H3OS2/c6-8-4-5-2-1-3-7-5/h1-3H. The summed E-state index contributed by atoms with van der Waals surface area (Å²) in [6, 6.07) is 3.75. The van der Waals surface area contributed by atoms with Crippen molar-refractivity contribution in [1.29, 1.82) is 0 Å². The van der Waals surface area contributed by atoms with E-state index < -0.39 is 0 Å². The van der Waals surface area contributed by atoms with Gasteiger partial charge in [0.15, 0.2) is 0 Å². The van der Waals surface area contributed by atoms with Gasteiger partial charge in [-0.2, -0.15) is 0 Å². The smallest absolute Gasteiger partial charge is 0.107 e. The van der Waals surface area contributed by atoms with Gasteiger partial charge in [-0.15, -0.1) is 11.3 Å². The van der Waals surface area contributed by atoms with E-state index in [2.05, 4.69) is 5.37 Å². The van der Waals surface area contributed by atoms with Crippen LogP contribution in [-0.4, -0.2) is 9.58 Å². The molecule has 1 rings (SSSR count). The molecule has 0 spiro atoms. The van der Waals surface area contributed by atoms with Gasteiger partial charge in [0, 0.05) is 4.88 Å². The molecular weight excluding hydrogens is 140 g/mol. The van der Waals surface area contributed by atoms with Gasteiger partial charge in [0.25, 0.3) is 0 Å². The first kappa shape index (κ1) is 5.72. The van der Waals surface area contributed by atoms with Crippen LogP contribution in [-0.2, 0) is 11.3 Å². The van der Waals surface area contributed by atoms with E-state index in [1.165, 1.54) is 11.3 Å². The van der Waals surface area contributed by atoms with Crippen LogP contribution in [0.4, 0.5) is 0 Å². The second-order valence-corrected chi connectivity index (χ2v) is 2.48. The van der Waals surface area contributed by atoms with E-state index in [0.29, 0.717) is 11.3 Å². The molecule has 0 saturated heterocycles. The van der Waals surface area contributed by atoms with E-state index in [0.717, 1.165) is 4.88 Å². The molecule has 41 valence electrons. The largest absolute Gasteiger partial charge is 0.212 e. The first-order valence-electron chi connectivity index (χ1n) is 2.02. The van der Waals surface area contributed by atoms with Crippen molar-refractivity contribution in [3.8, 4) is 0 Å². The van der Waals surface area contributed by atoms with Crippen LogP contribution in [0.2, 0.25) is 0 Å². The van der Waals surface area contributed by atoms with E-state index >= 15 is 0 Å². The van der Waals surface area contributed by atoms with Crippen LogP contribution in [0.5, 0.6) is 0 Å². The van der Waals surface area contributed by atoms with Gasteiger partial charge < -0.3 is 0 Å². The van der Waals surface area contributed by atoms with Crippen molar-refractivity contribution < 1.29 is 4.21 Å². The number of hydrogen-bond donors (Lipinski definition) is 0. The zero-order valence-corrected chi connectivity index (χ0v) is 5.59. The minimum absolute atomic E-state index is 0.370. The third kappa shape index (κ3) is 1.28. The minimum Gasteiger partial charge on any atom is -0.212 e. The summed E-state index contributed by atoms with van der Waals surface area (Å²) in [5, 5.41) is 4.48. The lowest BCUT2D eigenvalue weighted by Crippen LogP contribution is -1.65. The van der Waals surface area contributed by atoms with Crippen LogP contribution < -0.4 is 0 Å². The second kappa shape index (κ2) is 2.79. The Bertz CT molecular complexity index is 196. The lowest BCUT2D eigenvalue weighted by atomic mass is 10.5. The van der Waals surface area contributed by atoms with Gasteiger partial charge >= 0.3 is 0 Å². The van der Waals surface area contributed by atoms with Crippen LogP contribution in [0.3, 0.4) is 0 Å². The molecule has 0 aliphatic heterocycles. The van der Waals surface area contributed by atoms with Crippen LogP contribution >= 0.6 is 11.3 Å². The van der Waals surface area contributed by atoms with Gasteiger partial charge in [0.2, 0.25) is 0 Å². The highest BCUT2D eigenvalue weighted by atomic mass is 32.1. The Hall–Kier alpha value is -0.410. The van der Waals surface area contributed by atoms with E-state index in [1.807, 2.05) is 17.5 Å². The molecular formula is C5H3OS2. The summed E-state index contributed by atoms with van der Waals surface area (Å²) in [7, 11) is 0. The van der Waals surface area contributed by atoms with Gasteiger partial charge in [0.1, 0.15) is 5.37 Å². The molecule has 1 aromatic rings. The molecule has 0 fully saturated rings. The Morgan fingerprint density at radius 1 is 1.75 bits per heavy atom. The predicted octanol–water partition coefficient (Wildman–Crippen LogP) is 0.988. The monoisotopic (exact) mass is 143 g/mol. The Labute approximate surface area is 55.0 Å². The average Bonchev–Trinajstić information content (AvgIpc) is 2.19. The summed E-state index contributed by atoms with van der Waals surface area (Å²) >= 11 is 1.89. The van der Waals surface area contributed by atoms with Crippen LogP contribution in [0.15, 0.2) is 17.5 Å². The number of rotatable bonds is 1. The normalized spacial score (nSPS) is 8.50. The third-order valence-corrected chi connectivity index (χ3v) is 1.88. The molecule has 0 aromatic carbocycles. The van der Waals surface area contributed by atoms with Crippen molar-refractivity contribution in [3.63, 3.8) is 0 Å². The molecule has 1 aromatic heterocycles. The van der Waals surface area contributed by atoms with Crippen LogP contribution in [0.1, 0.15) is 4.88 Å². The quantitative estimate of drug-likeness (QED) is 0.536. The molecule has 1 nitrogen and oxygen atoms in total. The topological polar surface area (TPSA) is 17.1 Å². The first-order valence-corrected chi connectivity index (χ1v) is 3.64. The summed E-state index contributed by atoms with van der Waals surface area (Å²) in [6.07, 6.45) is 0. The van der Waals surface area contributed by atoms with Gasteiger partial charge in [-0.1, -0.05) is 6.07 Å². The first-order chi connectivity index (χ1) is 3.93. The fourth-order valence-corrected chi connectivity index (χ4v) is 1.28. The Kier molecular flexibility index (Phi) is 2.00. The van der Waals surface area contributed by atoms with Crippen LogP contribution in [0.25, 0.3) is 0 Å². The van der Waals surface area contributed by atoms with Gasteiger partial charge in [0.05, 0.1) is 11.3 Å². The molecule has 8 heavy (non-hydrogen) atoms. The predicted molar refractivity (Wildman–Crippen MR) is 36.6 cm³/mol. The molecule has 0 N–H and O–H groups in total. The minimum atomic E-state index is 0.370. The summed E-state index contributed by atoms with van der Waals surface area (Å²) < 4.78 is 9.81. The highest BCUT2D eigenvalue weighted by Gasteiger charge is 1.83. The summed E-state index contributed by atoms with van der Waals surface area (Å²) in [4.78, 5) is 0.907. The highest BCUT2D eigenvalue weighted by molar-refractivity contribution is 7.65. The van der Waals surface area contributed by atoms with Crippen LogP contribution in [0, 0.1) is 0 Å². The van der Waals surface area contributed by atoms with E-state index in [9.17, 15) is 4.21 Å². The number of thiophene rings is 1. The summed E-state index contributed by atoms with van der Waals surface area (Å²) in [5.41, 5.74) is 0. The fraction of sp³-hybridized carbons (Fsp3) is 0. The molecule has 0 bridgehead atoms. The molecule has 0 amide bonds. The van der Waals surface area contributed by atoms with Gasteiger partial charge in [-0.25, -0.2) is 4.21 Å². The Balaban J connectivity index is 2.93. The summed E-state index contributed by atoms with van der Waals surface area (Å²) in [6.45, 7) is 0. The molecule has 0 atom stereocenters. The molecule has 1 radical (unpaired) electrons. The lowest BCUT2D eigenvalue weighted by molar-refractivity contribution is 0.701. The van der Waals surface area contributed by atoms with Gasteiger partial charge in [-0.05, 0) is 11.4 Å². The lowest BCUT2D eigenvalue weighted by Gasteiger charge is -1.67. The Morgan fingerprint density at radius 3 is 3.12 bits per heavy atom. The molecule has 0 saturated carbocycles. The van der Waals surface area contributed by atoms with E-state index in [1.54, 1.807) is 0 Å². The Morgan fingerprint density at radius 2 is 2.62 bits per heavy atom. The zero-order chi connectivity index (χ0) is 5.82.